The van der Waals surface area contributed by atoms with Crippen molar-refractivity contribution in [1.29, 1.82) is 0 Å². The second kappa shape index (κ2) is 6.49. The minimum Gasteiger partial charge on any atom is -0.465 e. The number of rotatable bonds is 5. The number of hydrogen-bond acceptors (Lipinski definition) is 6. The zero-order valence-corrected chi connectivity index (χ0v) is 11.8. The third-order valence-electron chi connectivity index (χ3n) is 2.34. The Balaban J connectivity index is 1.92. The third-order valence-corrected chi connectivity index (χ3v) is 3.72. The molecule has 0 fully saturated rings. The van der Waals surface area contributed by atoms with Gasteiger partial charge >= 0.3 is 5.97 Å². The summed E-state index contributed by atoms with van der Waals surface area (Å²) in [6.07, 6.45) is 2.52. The molecule has 2 rings (SSSR count). The minimum atomic E-state index is -0.472. The van der Waals surface area contributed by atoms with E-state index >= 15 is 0 Å². The van der Waals surface area contributed by atoms with E-state index in [0.717, 1.165) is 12.1 Å². The summed E-state index contributed by atoms with van der Waals surface area (Å²) in [5.74, 6) is -0.472. The van der Waals surface area contributed by atoms with Crippen LogP contribution < -0.4 is 5.32 Å². The van der Waals surface area contributed by atoms with Gasteiger partial charge in [0.1, 0.15) is 0 Å². The van der Waals surface area contributed by atoms with Crippen LogP contribution in [0.15, 0.2) is 24.4 Å². The molecular formula is C12H12ClN3O2S. The summed E-state index contributed by atoms with van der Waals surface area (Å²) in [5, 5.41) is 3.87. The Hall–Kier alpha value is -1.66. The highest BCUT2D eigenvalue weighted by Crippen LogP contribution is 2.27. The lowest BCUT2D eigenvalue weighted by atomic mass is 10.3. The Kier molecular flexibility index (Phi) is 4.70. The quantitative estimate of drug-likeness (QED) is 0.860. The van der Waals surface area contributed by atoms with Crippen molar-refractivity contribution in [3.63, 3.8) is 0 Å². The first-order valence-electron chi connectivity index (χ1n) is 5.59. The summed E-state index contributed by atoms with van der Waals surface area (Å²) in [6, 6.07) is 5.77. The van der Waals surface area contributed by atoms with Crippen LogP contribution in [0.25, 0.3) is 0 Å². The number of methoxy groups -OCH3 is 1. The summed E-state index contributed by atoms with van der Waals surface area (Å²) in [4.78, 5) is 20.0. The van der Waals surface area contributed by atoms with Gasteiger partial charge in [0.2, 0.25) is 0 Å². The Bertz CT molecular complexity index is 559. The van der Waals surface area contributed by atoms with Crippen LogP contribution in [-0.2, 0) is 11.2 Å². The normalized spacial score (nSPS) is 10.2. The van der Waals surface area contributed by atoms with E-state index in [4.69, 9.17) is 11.6 Å². The molecule has 5 nitrogen and oxygen atoms in total. The standard InChI is InChI=1S/C12H12ClN3O2S/c1-18-11(17)9-10(13)16-12(19-9)15-7-5-8-4-2-3-6-14-8/h2-4,6H,5,7H2,1H3,(H,15,16). The number of nitrogens with zero attached hydrogens (tertiary/aromatic N) is 2. The van der Waals surface area contributed by atoms with Crippen molar-refractivity contribution in [3.8, 4) is 0 Å². The van der Waals surface area contributed by atoms with Crippen LogP contribution in [0.3, 0.4) is 0 Å². The summed E-state index contributed by atoms with van der Waals surface area (Å²) in [6.45, 7) is 0.668. The molecular weight excluding hydrogens is 286 g/mol. The van der Waals surface area contributed by atoms with E-state index in [0.29, 0.717) is 16.6 Å². The van der Waals surface area contributed by atoms with E-state index in [9.17, 15) is 4.79 Å². The van der Waals surface area contributed by atoms with Crippen LogP contribution in [-0.4, -0.2) is 29.6 Å². The van der Waals surface area contributed by atoms with Gasteiger partial charge in [0.25, 0.3) is 0 Å². The zero-order chi connectivity index (χ0) is 13.7. The molecule has 0 radical (unpaired) electrons. The Morgan fingerprint density at radius 2 is 2.37 bits per heavy atom. The maximum Gasteiger partial charge on any atom is 0.351 e. The molecule has 19 heavy (non-hydrogen) atoms. The van der Waals surface area contributed by atoms with Gasteiger partial charge in [-0.1, -0.05) is 29.0 Å². The van der Waals surface area contributed by atoms with Gasteiger partial charge in [0, 0.05) is 24.9 Å². The number of carbonyl (C=O) groups is 1. The first kappa shape index (κ1) is 13.8. The van der Waals surface area contributed by atoms with E-state index in [1.165, 1.54) is 18.4 Å². The highest BCUT2D eigenvalue weighted by molar-refractivity contribution is 7.18. The Morgan fingerprint density at radius 3 is 3.05 bits per heavy atom. The molecule has 2 heterocycles. The Labute approximate surface area is 119 Å². The zero-order valence-electron chi connectivity index (χ0n) is 10.2. The van der Waals surface area contributed by atoms with Gasteiger partial charge in [-0.15, -0.1) is 0 Å². The van der Waals surface area contributed by atoms with Crippen LogP contribution in [0.4, 0.5) is 5.13 Å². The van der Waals surface area contributed by atoms with Gasteiger partial charge in [-0.2, -0.15) is 0 Å². The van der Waals surface area contributed by atoms with Crippen LogP contribution in [0, 0.1) is 0 Å². The molecule has 0 amide bonds. The maximum absolute atomic E-state index is 11.4. The second-order valence-electron chi connectivity index (χ2n) is 3.63. The number of carbonyl (C=O) groups excluding carboxylic acids is 1. The average molecular weight is 298 g/mol. The fraction of sp³-hybridized carbons (Fsp3) is 0.250. The highest BCUT2D eigenvalue weighted by Gasteiger charge is 2.16. The van der Waals surface area contributed by atoms with Crippen molar-refractivity contribution in [2.45, 2.75) is 6.42 Å². The summed E-state index contributed by atoms with van der Waals surface area (Å²) in [5.41, 5.74) is 0.992. The summed E-state index contributed by atoms with van der Waals surface area (Å²) >= 11 is 7.04. The van der Waals surface area contributed by atoms with E-state index < -0.39 is 5.97 Å². The molecule has 0 spiro atoms. The molecule has 100 valence electrons. The molecule has 1 N–H and O–H groups in total. The van der Waals surface area contributed by atoms with Crippen molar-refractivity contribution < 1.29 is 9.53 Å². The van der Waals surface area contributed by atoms with Gasteiger partial charge < -0.3 is 10.1 Å². The van der Waals surface area contributed by atoms with E-state index in [1.54, 1.807) is 6.20 Å². The van der Waals surface area contributed by atoms with Crippen molar-refractivity contribution >= 4 is 34.0 Å². The third kappa shape index (κ3) is 3.65. The highest BCUT2D eigenvalue weighted by atomic mass is 35.5. The lowest BCUT2D eigenvalue weighted by Gasteiger charge is -2.01. The maximum atomic E-state index is 11.4. The van der Waals surface area contributed by atoms with Gasteiger partial charge in [0.15, 0.2) is 15.2 Å². The molecule has 2 aromatic heterocycles. The number of halogens is 1. The fourth-order valence-corrected chi connectivity index (χ4v) is 2.57. The van der Waals surface area contributed by atoms with Gasteiger partial charge in [-0.05, 0) is 12.1 Å². The number of anilines is 1. The molecule has 0 aliphatic carbocycles. The van der Waals surface area contributed by atoms with Gasteiger partial charge in [-0.3, -0.25) is 4.98 Å². The molecule has 0 aliphatic rings. The first-order chi connectivity index (χ1) is 9.20. The van der Waals surface area contributed by atoms with Crippen LogP contribution in [0.1, 0.15) is 15.4 Å². The number of nitrogens with one attached hydrogen (secondary N) is 1. The van der Waals surface area contributed by atoms with Crippen LogP contribution in [0.5, 0.6) is 0 Å². The van der Waals surface area contributed by atoms with E-state index in [1.807, 2.05) is 18.2 Å². The summed E-state index contributed by atoms with van der Waals surface area (Å²) in [7, 11) is 1.31. The van der Waals surface area contributed by atoms with Crippen molar-refractivity contribution in [2.24, 2.45) is 0 Å². The number of hydrogen-bond donors (Lipinski definition) is 1. The molecule has 0 aromatic carbocycles. The monoisotopic (exact) mass is 297 g/mol. The van der Waals surface area contributed by atoms with Crippen molar-refractivity contribution in [2.75, 3.05) is 19.0 Å². The van der Waals surface area contributed by atoms with Crippen LogP contribution in [0.2, 0.25) is 5.15 Å². The Morgan fingerprint density at radius 1 is 1.53 bits per heavy atom. The minimum absolute atomic E-state index is 0.164. The first-order valence-corrected chi connectivity index (χ1v) is 6.78. The van der Waals surface area contributed by atoms with Crippen LogP contribution >= 0.6 is 22.9 Å². The second-order valence-corrected chi connectivity index (χ2v) is 4.99. The van der Waals surface area contributed by atoms with E-state index in [2.05, 4.69) is 20.0 Å². The molecule has 0 aliphatic heterocycles. The number of aromatic nitrogens is 2. The molecule has 2 aromatic rings. The van der Waals surface area contributed by atoms with Gasteiger partial charge in [0.05, 0.1) is 7.11 Å². The smallest absolute Gasteiger partial charge is 0.351 e. The number of pyridine rings is 1. The number of esters is 1. The molecule has 0 saturated carbocycles. The van der Waals surface area contributed by atoms with Crippen molar-refractivity contribution in [1.82, 2.24) is 9.97 Å². The average Bonchev–Trinajstić information content (AvgIpc) is 2.80. The molecule has 0 unspecified atom stereocenters. The van der Waals surface area contributed by atoms with Gasteiger partial charge in [-0.25, -0.2) is 9.78 Å². The van der Waals surface area contributed by atoms with Crippen molar-refractivity contribution in [3.05, 3.63) is 40.1 Å². The molecule has 7 heteroatoms. The van der Waals surface area contributed by atoms with E-state index in [-0.39, 0.29) is 5.15 Å². The number of thiazole rings is 1. The number of ether oxygens (including phenoxy) is 1. The largest absolute Gasteiger partial charge is 0.465 e. The molecule has 0 atom stereocenters. The predicted octanol–water partition coefficient (Wildman–Crippen LogP) is 2.63. The molecule has 0 saturated heterocycles. The fourth-order valence-electron chi connectivity index (χ4n) is 1.44. The SMILES string of the molecule is COC(=O)c1sc(NCCc2ccccn2)nc1Cl. The molecule has 0 bridgehead atoms. The summed E-state index contributed by atoms with van der Waals surface area (Å²) < 4.78 is 4.61. The lowest BCUT2D eigenvalue weighted by Crippen LogP contribution is -2.05. The topological polar surface area (TPSA) is 64.1 Å². The predicted molar refractivity (Wildman–Crippen MR) is 74.9 cm³/mol. The lowest BCUT2D eigenvalue weighted by molar-refractivity contribution is 0.0606.